The van der Waals surface area contributed by atoms with Gasteiger partial charge in [-0.15, -0.1) is 0 Å². The topological polar surface area (TPSA) is 59.5 Å². The van der Waals surface area contributed by atoms with Gasteiger partial charge in [0.1, 0.15) is 5.82 Å². The smallest absolute Gasteiger partial charge is 0.188 e. The van der Waals surface area contributed by atoms with Crippen molar-refractivity contribution >= 4 is 22.3 Å². The van der Waals surface area contributed by atoms with Crippen molar-refractivity contribution in [3.63, 3.8) is 0 Å². The summed E-state index contributed by atoms with van der Waals surface area (Å²) in [5, 5.41) is 4.23. The summed E-state index contributed by atoms with van der Waals surface area (Å²) in [6.07, 6.45) is 4.78. The molecule has 31 heavy (non-hydrogen) atoms. The highest BCUT2D eigenvalue weighted by Gasteiger charge is 2.29. The minimum atomic E-state index is 0.478. The zero-order valence-corrected chi connectivity index (χ0v) is 18.6. The lowest BCUT2D eigenvalue weighted by molar-refractivity contribution is -0.0667. The summed E-state index contributed by atoms with van der Waals surface area (Å²) in [6, 6.07) is 13.3. The lowest BCUT2D eigenvalue weighted by Gasteiger charge is -2.37. The quantitative estimate of drug-likeness (QED) is 0.627. The van der Waals surface area contributed by atoms with E-state index in [4.69, 9.17) is 9.47 Å². The molecule has 2 saturated heterocycles. The maximum Gasteiger partial charge on any atom is 0.188 e. The zero-order chi connectivity index (χ0) is 21.0. The molecule has 0 saturated carbocycles. The Morgan fingerprint density at radius 2 is 1.97 bits per heavy atom. The Morgan fingerprint density at radius 3 is 2.77 bits per heavy atom. The van der Waals surface area contributed by atoms with E-state index in [0.29, 0.717) is 12.0 Å². The lowest BCUT2D eigenvalue weighted by atomic mass is 9.99. The van der Waals surface area contributed by atoms with E-state index in [1.807, 2.05) is 12.4 Å². The van der Waals surface area contributed by atoms with E-state index < -0.39 is 0 Å². The van der Waals surface area contributed by atoms with E-state index in [-0.39, 0.29) is 0 Å². The molecule has 1 aromatic carbocycles. The van der Waals surface area contributed by atoms with E-state index >= 15 is 0 Å². The number of hydrogen-bond acceptors (Lipinski definition) is 7. The summed E-state index contributed by atoms with van der Waals surface area (Å²) in [4.78, 5) is 12.7. The number of nitrogens with one attached hydrogen (secondary N) is 1. The standard InChI is InChI=1S/C24H28N4O2S/c1-17-2-4-20(5-3-17)22-12-26-24(31-22)27-23-11-18(6-7-25-23)10-19-13-28(8-9-29-14-19)21-15-30-16-21/h2-7,11-12,19,21H,8-10,13-16H2,1H3,(H,25,26,27). The van der Waals surface area contributed by atoms with Gasteiger partial charge in [-0.05, 0) is 42.5 Å². The van der Waals surface area contributed by atoms with Crippen molar-refractivity contribution in [1.29, 1.82) is 0 Å². The van der Waals surface area contributed by atoms with Gasteiger partial charge >= 0.3 is 0 Å². The van der Waals surface area contributed by atoms with Gasteiger partial charge in [0.2, 0.25) is 0 Å². The molecule has 5 rings (SSSR count). The van der Waals surface area contributed by atoms with Crippen LogP contribution < -0.4 is 5.32 Å². The number of thiazole rings is 1. The number of aryl methyl sites for hydroxylation is 1. The summed E-state index contributed by atoms with van der Waals surface area (Å²) in [6.45, 7) is 7.49. The first-order valence-electron chi connectivity index (χ1n) is 10.9. The van der Waals surface area contributed by atoms with Crippen molar-refractivity contribution < 1.29 is 9.47 Å². The van der Waals surface area contributed by atoms with Crippen LogP contribution in [0.4, 0.5) is 10.9 Å². The second kappa shape index (κ2) is 9.44. The van der Waals surface area contributed by atoms with Crippen LogP contribution in [0.25, 0.3) is 10.4 Å². The number of aromatic nitrogens is 2. The van der Waals surface area contributed by atoms with Gasteiger partial charge in [0, 0.05) is 25.5 Å². The van der Waals surface area contributed by atoms with E-state index in [9.17, 15) is 0 Å². The van der Waals surface area contributed by atoms with Gasteiger partial charge in [0.05, 0.1) is 37.3 Å². The molecule has 3 aromatic rings. The molecule has 7 heteroatoms. The fraction of sp³-hybridized carbons (Fsp3) is 0.417. The summed E-state index contributed by atoms with van der Waals surface area (Å²) in [5.74, 6) is 1.31. The monoisotopic (exact) mass is 436 g/mol. The predicted octanol–water partition coefficient (Wildman–Crippen LogP) is 4.15. The average Bonchev–Trinajstić information content (AvgIpc) is 3.07. The molecule has 0 spiro atoms. The Kier molecular flexibility index (Phi) is 6.27. The van der Waals surface area contributed by atoms with Crippen molar-refractivity contribution in [2.45, 2.75) is 19.4 Å². The lowest BCUT2D eigenvalue weighted by Crippen LogP contribution is -2.51. The van der Waals surface area contributed by atoms with Crippen LogP contribution in [0.3, 0.4) is 0 Å². The average molecular weight is 437 g/mol. The van der Waals surface area contributed by atoms with Crippen LogP contribution in [0.5, 0.6) is 0 Å². The zero-order valence-electron chi connectivity index (χ0n) is 17.8. The van der Waals surface area contributed by atoms with Gasteiger partial charge in [-0.2, -0.15) is 0 Å². The maximum atomic E-state index is 5.88. The van der Waals surface area contributed by atoms with Gasteiger partial charge < -0.3 is 14.8 Å². The number of benzene rings is 1. The molecule has 1 atom stereocenters. The second-order valence-corrected chi connectivity index (χ2v) is 9.43. The summed E-state index contributed by atoms with van der Waals surface area (Å²) >= 11 is 1.64. The molecule has 6 nitrogen and oxygen atoms in total. The van der Waals surface area contributed by atoms with Crippen LogP contribution in [-0.4, -0.2) is 60.4 Å². The highest BCUT2D eigenvalue weighted by molar-refractivity contribution is 7.18. The van der Waals surface area contributed by atoms with E-state index in [1.165, 1.54) is 16.7 Å². The molecule has 0 bridgehead atoms. The summed E-state index contributed by atoms with van der Waals surface area (Å²) in [5.41, 5.74) is 3.72. The summed E-state index contributed by atoms with van der Waals surface area (Å²) < 4.78 is 11.3. The van der Waals surface area contributed by atoms with Crippen LogP contribution in [0, 0.1) is 12.8 Å². The first kappa shape index (κ1) is 20.6. The molecule has 2 fully saturated rings. The molecule has 2 aromatic heterocycles. The van der Waals surface area contributed by atoms with Gasteiger partial charge in [-0.1, -0.05) is 41.2 Å². The normalized spacial score (nSPS) is 20.2. The van der Waals surface area contributed by atoms with Crippen molar-refractivity contribution in [2.75, 3.05) is 44.8 Å². The molecule has 0 aliphatic carbocycles. The molecule has 1 unspecified atom stereocenters. The number of rotatable bonds is 6. The Morgan fingerprint density at radius 1 is 1.10 bits per heavy atom. The van der Waals surface area contributed by atoms with Crippen molar-refractivity contribution in [3.05, 3.63) is 59.9 Å². The van der Waals surface area contributed by atoms with Crippen LogP contribution in [0.2, 0.25) is 0 Å². The molecule has 162 valence electrons. The molecule has 2 aliphatic rings. The number of nitrogens with zero attached hydrogens (tertiary/aromatic N) is 3. The number of ether oxygens (including phenoxy) is 2. The molecule has 0 radical (unpaired) electrons. The first-order valence-corrected chi connectivity index (χ1v) is 11.7. The molecule has 2 aliphatic heterocycles. The minimum Gasteiger partial charge on any atom is -0.380 e. The summed E-state index contributed by atoms with van der Waals surface area (Å²) in [7, 11) is 0. The molecule has 1 N–H and O–H groups in total. The van der Waals surface area contributed by atoms with Gasteiger partial charge in [-0.3, -0.25) is 4.90 Å². The van der Waals surface area contributed by atoms with Crippen molar-refractivity contribution in [3.8, 4) is 10.4 Å². The van der Waals surface area contributed by atoms with Crippen LogP contribution in [-0.2, 0) is 15.9 Å². The molecular weight excluding hydrogens is 408 g/mol. The van der Waals surface area contributed by atoms with Crippen molar-refractivity contribution in [2.24, 2.45) is 5.92 Å². The SMILES string of the molecule is Cc1ccc(-c2cnc(Nc3cc(CC4COCCN(C5COC5)C4)ccn3)s2)cc1. The number of pyridine rings is 1. The highest BCUT2D eigenvalue weighted by atomic mass is 32.1. The molecular formula is C24H28N4O2S. The third-order valence-corrected chi connectivity index (χ3v) is 6.89. The van der Waals surface area contributed by atoms with Crippen LogP contribution in [0.1, 0.15) is 11.1 Å². The van der Waals surface area contributed by atoms with E-state index in [2.05, 4.69) is 63.5 Å². The Balaban J connectivity index is 1.23. The van der Waals surface area contributed by atoms with Gasteiger partial charge in [0.25, 0.3) is 0 Å². The second-order valence-electron chi connectivity index (χ2n) is 8.40. The largest absolute Gasteiger partial charge is 0.380 e. The van der Waals surface area contributed by atoms with Crippen LogP contribution >= 0.6 is 11.3 Å². The number of hydrogen-bond donors (Lipinski definition) is 1. The third kappa shape index (κ3) is 5.13. The Hall–Kier alpha value is -2.32. The maximum absolute atomic E-state index is 5.88. The van der Waals surface area contributed by atoms with Crippen LogP contribution in [0.15, 0.2) is 48.8 Å². The van der Waals surface area contributed by atoms with Gasteiger partial charge in [0.15, 0.2) is 5.13 Å². The predicted molar refractivity (Wildman–Crippen MR) is 124 cm³/mol. The molecule has 4 heterocycles. The van der Waals surface area contributed by atoms with Crippen molar-refractivity contribution in [1.82, 2.24) is 14.9 Å². The highest BCUT2D eigenvalue weighted by Crippen LogP contribution is 2.30. The fourth-order valence-electron chi connectivity index (χ4n) is 4.09. The third-order valence-electron chi connectivity index (χ3n) is 5.93. The molecule has 0 amide bonds. The first-order chi connectivity index (χ1) is 15.2. The van der Waals surface area contributed by atoms with Gasteiger partial charge in [-0.25, -0.2) is 9.97 Å². The minimum absolute atomic E-state index is 0.478. The Labute approximate surface area is 187 Å². The van der Waals surface area contributed by atoms with E-state index in [0.717, 1.165) is 61.8 Å². The van der Waals surface area contributed by atoms with E-state index in [1.54, 1.807) is 11.3 Å². The number of anilines is 2. The Bertz CT molecular complexity index is 1000. The fourth-order valence-corrected chi connectivity index (χ4v) is 4.92.